The van der Waals surface area contributed by atoms with Crippen LogP contribution in [0.4, 0.5) is 11.8 Å². The Morgan fingerprint density at radius 3 is 2.54 bits per heavy atom. The van der Waals surface area contributed by atoms with Gasteiger partial charge in [0.05, 0.1) is 20.4 Å². The minimum absolute atomic E-state index is 0.445. The summed E-state index contributed by atoms with van der Waals surface area (Å²) in [5.74, 6) is 2.72. The van der Waals surface area contributed by atoms with Crippen molar-refractivity contribution in [3.8, 4) is 11.5 Å². The van der Waals surface area contributed by atoms with E-state index < -0.39 is 0 Å². The van der Waals surface area contributed by atoms with Crippen LogP contribution in [-0.4, -0.2) is 35.4 Å². The maximum absolute atomic E-state index is 5.34. The summed E-state index contributed by atoms with van der Waals surface area (Å²) < 4.78 is 10.6. The number of nitrogens with zero attached hydrogens (tertiary/aromatic N) is 3. The first-order valence-corrected chi connectivity index (χ1v) is 9.19. The Labute approximate surface area is 154 Å². The molecular weight excluding hydrogens is 330 g/mol. The first-order chi connectivity index (χ1) is 12.8. The van der Waals surface area contributed by atoms with Gasteiger partial charge in [-0.25, -0.2) is 0 Å². The predicted molar refractivity (Wildman–Crippen MR) is 102 cm³/mol. The van der Waals surface area contributed by atoms with Crippen LogP contribution in [-0.2, 0) is 6.54 Å². The molecule has 140 valence electrons. The highest BCUT2D eigenvalue weighted by Gasteiger charge is 2.13. The van der Waals surface area contributed by atoms with Crippen LogP contribution in [0.3, 0.4) is 0 Å². The molecule has 0 saturated heterocycles. The van der Waals surface area contributed by atoms with E-state index in [4.69, 9.17) is 9.47 Å². The van der Waals surface area contributed by atoms with Gasteiger partial charge < -0.3 is 20.1 Å². The summed E-state index contributed by atoms with van der Waals surface area (Å²) in [6.07, 6.45) is 9.16. The molecule has 0 atom stereocenters. The molecule has 1 fully saturated rings. The van der Waals surface area contributed by atoms with E-state index in [2.05, 4.69) is 25.8 Å². The lowest BCUT2D eigenvalue weighted by atomic mass is 10.1. The van der Waals surface area contributed by atoms with Gasteiger partial charge in [0.25, 0.3) is 0 Å². The van der Waals surface area contributed by atoms with Crippen molar-refractivity contribution >= 4 is 11.8 Å². The normalized spacial score (nSPS) is 15.2. The van der Waals surface area contributed by atoms with E-state index in [9.17, 15) is 0 Å². The van der Waals surface area contributed by atoms with Gasteiger partial charge in [0, 0.05) is 12.6 Å². The molecule has 1 aromatic carbocycles. The number of aromatic nitrogens is 3. The highest BCUT2D eigenvalue weighted by atomic mass is 16.5. The number of hydrogen-bond donors (Lipinski definition) is 2. The second kappa shape index (κ2) is 9.22. The zero-order chi connectivity index (χ0) is 18.2. The average molecular weight is 357 g/mol. The summed E-state index contributed by atoms with van der Waals surface area (Å²) >= 11 is 0. The average Bonchev–Trinajstić information content (AvgIpc) is 2.95. The molecule has 0 spiro atoms. The van der Waals surface area contributed by atoms with Gasteiger partial charge in [-0.1, -0.05) is 31.7 Å². The van der Waals surface area contributed by atoms with Crippen LogP contribution in [0.2, 0.25) is 0 Å². The number of rotatable bonds is 7. The van der Waals surface area contributed by atoms with Gasteiger partial charge in [0.2, 0.25) is 5.95 Å². The van der Waals surface area contributed by atoms with Crippen LogP contribution in [0.1, 0.15) is 44.1 Å². The second-order valence-corrected chi connectivity index (χ2v) is 6.54. The Morgan fingerprint density at radius 1 is 1.04 bits per heavy atom. The second-order valence-electron chi connectivity index (χ2n) is 6.54. The van der Waals surface area contributed by atoms with E-state index in [1.165, 1.54) is 38.5 Å². The van der Waals surface area contributed by atoms with Gasteiger partial charge in [-0.3, -0.25) is 0 Å². The highest BCUT2D eigenvalue weighted by molar-refractivity contribution is 5.44. The van der Waals surface area contributed by atoms with Crippen LogP contribution in [0.15, 0.2) is 24.4 Å². The number of anilines is 2. The lowest BCUT2D eigenvalue weighted by molar-refractivity contribution is 0.354. The Bertz CT molecular complexity index is 702. The third-order valence-electron chi connectivity index (χ3n) is 4.67. The standard InChI is InChI=1S/C19H27N5O2/c1-25-16-10-9-14(11-17(16)26-2)12-20-18-13-21-24-19(23-18)22-15-7-5-3-4-6-8-15/h9-11,13,15H,3-8,12H2,1-2H3,(H2,20,22,23,24). The van der Waals surface area contributed by atoms with Crippen molar-refractivity contribution in [2.24, 2.45) is 0 Å². The Morgan fingerprint density at radius 2 is 1.81 bits per heavy atom. The predicted octanol–water partition coefficient (Wildman–Crippen LogP) is 3.64. The molecule has 7 heteroatoms. The molecule has 7 nitrogen and oxygen atoms in total. The van der Waals surface area contributed by atoms with Crippen LogP contribution < -0.4 is 20.1 Å². The Balaban J connectivity index is 1.60. The largest absolute Gasteiger partial charge is 0.493 e. The number of methoxy groups -OCH3 is 2. The molecule has 1 aliphatic rings. The summed E-state index contributed by atoms with van der Waals surface area (Å²) in [5.41, 5.74) is 1.07. The molecule has 1 saturated carbocycles. The highest BCUT2D eigenvalue weighted by Crippen LogP contribution is 2.27. The van der Waals surface area contributed by atoms with Crippen LogP contribution in [0, 0.1) is 0 Å². The maximum atomic E-state index is 5.34. The maximum Gasteiger partial charge on any atom is 0.244 e. The zero-order valence-corrected chi connectivity index (χ0v) is 15.5. The third kappa shape index (κ3) is 4.97. The molecule has 2 aromatic rings. The molecule has 0 amide bonds. The van der Waals surface area contributed by atoms with Crippen LogP contribution in [0.5, 0.6) is 11.5 Å². The Kier molecular flexibility index (Phi) is 6.46. The molecule has 0 unspecified atom stereocenters. The van der Waals surface area contributed by atoms with Crippen molar-refractivity contribution < 1.29 is 9.47 Å². The first kappa shape index (κ1) is 18.2. The third-order valence-corrected chi connectivity index (χ3v) is 4.67. The van der Waals surface area contributed by atoms with Gasteiger partial charge >= 0.3 is 0 Å². The minimum Gasteiger partial charge on any atom is -0.493 e. The summed E-state index contributed by atoms with van der Waals surface area (Å²) in [4.78, 5) is 4.54. The number of hydrogen-bond acceptors (Lipinski definition) is 7. The quantitative estimate of drug-likeness (QED) is 0.732. The zero-order valence-electron chi connectivity index (χ0n) is 15.5. The van der Waals surface area contributed by atoms with Gasteiger partial charge in [-0.2, -0.15) is 10.1 Å². The van der Waals surface area contributed by atoms with E-state index in [1.807, 2.05) is 18.2 Å². The molecule has 0 aliphatic heterocycles. The topological polar surface area (TPSA) is 81.2 Å². The fraction of sp³-hybridized carbons (Fsp3) is 0.526. The van der Waals surface area contributed by atoms with Crippen molar-refractivity contribution in [3.63, 3.8) is 0 Å². The van der Waals surface area contributed by atoms with Crippen molar-refractivity contribution in [1.29, 1.82) is 0 Å². The van der Waals surface area contributed by atoms with Gasteiger partial charge in [-0.15, -0.1) is 5.10 Å². The smallest absolute Gasteiger partial charge is 0.244 e. The lowest BCUT2D eigenvalue weighted by Crippen LogP contribution is -2.20. The summed E-state index contributed by atoms with van der Waals surface area (Å²) in [5, 5.41) is 14.9. The van der Waals surface area contributed by atoms with Gasteiger partial charge in [0.1, 0.15) is 0 Å². The molecule has 1 aromatic heterocycles. The van der Waals surface area contributed by atoms with E-state index in [1.54, 1.807) is 20.4 Å². The molecule has 0 bridgehead atoms. The van der Waals surface area contributed by atoms with E-state index in [0.717, 1.165) is 11.3 Å². The fourth-order valence-corrected chi connectivity index (χ4v) is 3.24. The lowest BCUT2D eigenvalue weighted by Gasteiger charge is -2.16. The monoisotopic (exact) mass is 357 g/mol. The molecule has 1 aliphatic carbocycles. The van der Waals surface area contributed by atoms with Crippen molar-refractivity contribution in [2.75, 3.05) is 24.9 Å². The number of benzene rings is 1. The molecular formula is C19H27N5O2. The summed E-state index contributed by atoms with van der Waals surface area (Å²) in [6.45, 7) is 0.613. The van der Waals surface area contributed by atoms with Crippen molar-refractivity contribution in [1.82, 2.24) is 15.2 Å². The van der Waals surface area contributed by atoms with Gasteiger partial charge in [0.15, 0.2) is 17.3 Å². The molecule has 1 heterocycles. The Hall–Kier alpha value is -2.57. The fourth-order valence-electron chi connectivity index (χ4n) is 3.24. The molecule has 3 rings (SSSR count). The SMILES string of the molecule is COc1ccc(CNc2cnnc(NC3CCCCCC3)n2)cc1OC. The van der Waals surface area contributed by atoms with E-state index >= 15 is 0 Å². The van der Waals surface area contributed by atoms with E-state index in [-0.39, 0.29) is 0 Å². The number of nitrogens with one attached hydrogen (secondary N) is 2. The van der Waals surface area contributed by atoms with Crippen molar-refractivity contribution in [3.05, 3.63) is 30.0 Å². The van der Waals surface area contributed by atoms with Crippen LogP contribution >= 0.6 is 0 Å². The van der Waals surface area contributed by atoms with Crippen LogP contribution in [0.25, 0.3) is 0 Å². The minimum atomic E-state index is 0.445. The summed E-state index contributed by atoms with van der Waals surface area (Å²) in [7, 11) is 3.26. The molecule has 0 radical (unpaired) electrons. The van der Waals surface area contributed by atoms with Crippen molar-refractivity contribution in [2.45, 2.75) is 51.1 Å². The summed E-state index contributed by atoms with van der Waals surface area (Å²) in [6, 6.07) is 6.28. The van der Waals surface area contributed by atoms with E-state index in [0.29, 0.717) is 30.1 Å². The molecule has 26 heavy (non-hydrogen) atoms. The first-order valence-electron chi connectivity index (χ1n) is 9.19. The molecule has 2 N–H and O–H groups in total. The van der Waals surface area contributed by atoms with Gasteiger partial charge in [-0.05, 0) is 30.5 Å². The number of ether oxygens (including phenoxy) is 2.